The fourth-order valence-electron chi connectivity index (χ4n) is 1.99. The quantitative estimate of drug-likeness (QED) is 0.905. The first-order valence-corrected chi connectivity index (χ1v) is 6.61. The summed E-state index contributed by atoms with van der Waals surface area (Å²) in [6, 6.07) is 10.2. The lowest BCUT2D eigenvalue weighted by atomic mass is 10.1. The molecule has 1 aromatic carbocycles. The number of rotatable bonds is 5. The van der Waals surface area contributed by atoms with Crippen molar-refractivity contribution >= 4 is 11.6 Å². The van der Waals surface area contributed by atoms with Crippen molar-refractivity contribution in [3.05, 3.63) is 59.7 Å². The van der Waals surface area contributed by atoms with Crippen LogP contribution in [0.3, 0.4) is 0 Å². The van der Waals surface area contributed by atoms with Gasteiger partial charge in [0.15, 0.2) is 0 Å². The third-order valence-corrected chi connectivity index (χ3v) is 2.99. The van der Waals surface area contributed by atoms with Gasteiger partial charge in [0.25, 0.3) is 0 Å². The van der Waals surface area contributed by atoms with E-state index in [1.165, 1.54) is 6.07 Å². The Morgan fingerprint density at radius 1 is 1.30 bits per heavy atom. The maximum Gasteiger partial charge on any atom is 0.224 e. The number of pyridine rings is 1. The number of amides is 1. The van der Waals surface area contributed by atoms with E-state index in [9.17, 15) is 9.18 Å². The van der Waals surface area contributed by atoms with Crippen LogP contribution < -0.4 is 5.32 Å². The number of nitrogens with zero attached hydrogens (tertiary/aromatic N) is 1. The molecule has 0 saturated carbocycles. The van der Waals surface area contributed by atoms with E-state index in [1.807, 2.05) is 13.0 Å². The molecular formula is C16H17FN2O. The van der Waals surface area contributed by atoms with Gasteiger partial charge >= 0.3 is 0 Å². The van der Waals surface area contributed by atoms with Crippen LogP contribution in [-0.4, -0.2) is 10.9 Å². The van der Waals surface area contributed by atoms with Crippen LogP contribution in [0.1, 0.15) is 24.1 Å². The van der Waals surface area contributed by atoms with Gasteiger partial charge in [-0.25, -0.2) is 4.39 Å². The van der Waals surface area contributed by atoms with Crippen LogP contribution in [0.25, 0.3) is 0 Å². The first-order chi connectivity index (χ1) is 9.65. The second kappa shape index (κ2) is 6.80. The average molecular weight is 272 g/mol. The number of hydrogen-bond donors (Lipinski definition) is 1. The largest absolute Gasteiger partial charge is 0.326 e. The zero-order valence-corrected chi connectivity index (χ0v) is 11.4. The van der Waals surface area contributed by atoms with Crippen molar-refractivity contribution in [2.75, 3.05) is 5.32 Å². The number of halogens is 1. The molecule has 104 valence electrons. The van der Waals surface area contributed by atoms with Gasteiger partial charge in [-0.3, -0.25) is 9.78 Å². The van der Waals surface area contributed by atoms with Gasteiger partial charge in [0.1, 0.15) is 5.82 Å². The minimum Gasteiger partial charge on any atom is -0.326 e. The second-order valence-electron chi connectivity index (χ2n) is 4.68. The highest BCUT2D eigenvalue weighted by atomic mass is 19.1. The predicted octanol–water partition coefficient (Wildman–Crippen LogP) is 3.49. The van der Waals surface area contributed by atoms with Crippen LogP contribution in [-0.2, 0) is 11.2 Å². The number of hydrogen-bond acceptors (Lipinski definition) is 2. The highest BCUT2D eigenvalue weighted by Gasteiger charge is 2.05. The van der Waals surface area contributed by atoms with E-state index < -0.39 is 0 Å². The molecule has 0 unspecified atom stereocenters. The van der Waals surface area contributed by atoms with Crippen molar-refractivity contribution in [1.82, 2.24) is 4.98 Å². The van der Waals surface area contributed by atoms with Gasteiger partial charge in [-0.2, -0.15) is 0 Å². The van der Waals surface area contributed by atoms with Gasteiger partial charge in [0, 0.05) is 24.0 Å². The van der Waals surface area contributed by atoms with Gasteiger partial charge in [0.2, 0.25) is 5.91 Å². The van der Waals surface area contributed by atoms with Gasteiger partial charge in [0.05, 0.1) is 0 Å². The number of benzene rings is 1. The van der Waals surface area contributed by atoms with E-state index in [1.54, 1.807) is 30.5 Å². The van der Waals surface area contributed by atoms with Crippen LogP contribution in [0.2, 0.25) is 0 Å². The molecule has 1 N–H and O–H groups in total. The van der Waals surface area contributed by atoms with Crippen molar-refractivity contribution < 1.29 is 9.18 Å². The molecule has 20 heavy (non-hydrogen) atoms. The summed E-state index contributed by atoms with van der Waals surface area (Å²) in [7, 11) is 0. The lowest BCUT2D eigenvalue weighted by molar-refractivity contribution is -0.116. The highest BCUT2D eigenvalue weighted by Crippen LogP contribution is 2.11. The Balaban J connectivity index is 1.80. The minimum atomic E-state index is -0.210. The molecule has 0 aliphatic carbocycles. The van der Waals surface area contributed by atoms with E-state index in [0.29, 0.717) is 24.8 Å². The standard InChI is InChI=1S/C16H17FN2O/c1-12-11-14(9-10-18-12)19-16(20)8-4-6-13-5-2-3-7-15(13)17/h2-3,5,7,9-11H,4,6,8H2,1H3,(H,18,19,20). The summed E-state index contributed by atoms with van der Waals surface area (Å²) >= 11 is 0. The molecule has 0 spiro atoms. The molecule has 0 atom stereocenters. The predicted molar refractivity (Wildman–Crippen MR) is 76.9 cm³/mol. The van der Waals surface area contributed by atoms with Crippen molar-refractivity contribution in [1.29, 1.82) is 0 Å². The molecule has 1 amide bonds. The molecule has 0 aliphatic rings. The topological polar surface area (TPSA) is 42.0 Å². The van der Waals surface area contributed by atoms with Gasteiger partial charge in [-0.05, 0) is 43.5 Å². The Morgan fingerprint density at radius 2 is 2.10 bits per heavy atom. The van der Waals surface area contributed by atoms with Crippen molar-refractivity contribution in [2.45, 2.75) is 26.2 Å². The Bertz CT molecular complexity index is 599. The van der Waals surface area contributed by atoms with Gasteiger partial charge in [-0.1, -0.05) is 18.2 Å². The summed E-state index contributed by atoms with van der Waals surface area (Å²) in [5, 5.41) is 2.81. The first-order valence-electron chi connectivity index (χ1n) is 6.61. The number of aromatic nitrogens is 1. The van der Waals surface area contributed by atoms with Crippen LogP contribution in [0.15, 0.2) is 42.6 Å². The maximum absolute atomic E-state index is 13.4. The Morgan fingerprint density at radius 3 is 2.85 bits per heavy atom. The molecule has 4 heteroatoms. The van der Waals surface area contributed by atoms with E-state index >= 15 is 0 Å². The molecule has 1 aromatic heterocycles. The van der Waals surface area contributed by atoms with Crippen LogP contribution in [0, 0.1) is 12.7 Å². The van der Waals surface area contributed by atoms with Crippen LogP contribution in [0.4, 0.5) is 10.1 Å². The summed E-state index contributed by atoms with van der Waals surface area (Å²) < 4.78 is 13.4. The molecular weight excluding hydrogens is 255 g/mol. The summed E-state index contributed by atoms with van der Waals surface area (Å²) in [6.45, 7) is 1.87. The molecule has 1 heterocycles. The number of carbonyl (C=O) groups excluding carboxylic acids is 1. The van der Waals surface area contributed by atoms with Gasteiger partial charge in [-0.15, -0.1) is 0 Å². The number of nitrogens with one attached hydrogen (secondary N) is 1. The molecule has 0 fully saturated rings. The summed E-state index contributed by atoms with van der Waals surface area (Å²) in [4.78, 5) is 15.8. The first kappa shape index (κ1) is 14.2. The zero-order valence-electron chi connectivity index (χ0n) is 11.4. The maximum atomic E-state index is 13.4. The smallest absolute Gasteiger partial charge is 0.224 e. The average Bonchev–Trinajstić information content (AvgIpc) is 2.41. The lowest BCUT2D eigenvalue weighted by Crippen LogP contribution is -2.11. The monoisotopic (exact) mass is 272 g/mol. The number of aryl methyl sites for hydroxylation is 2. The molecule has 2 rings (SSSR count). The Kier molecular flexibility index (Phi) is 4.82. The van der Waals surface area contributed by atoms with E-state index in [4.69, 9.17) is 0 Å². The van der Waals surface area contributed by atoms with E-state index in [-0.39, 0.29) is 11.7 Å². The minimum absolute atomic E-state index is 0.0630. The third kappa shape index (κ3) is 4.16. The second-order valence-corrected chi connectivity index (χ2v) is 4.68. The fourth-order valence-corrected chi connectivity index (χ4v) is 1.99. The number of anilines is 1. The zero-order chi connectivity index (χ0) is 14.4. The fraction of sp³-hybridized carbons (Fsp3) is 0.250. The molecule has 0 aliphatic heterocycles. The highest BCUT2D eigenvalue weighted by molar-refractivity contribution is 5.90. The van der Waals surface area contributed by atoms with E-state index in [2.05, 4.69) is 10.3 Å². The summed E-state index contributed by atoms with van der Waals surface area (Å²) in [6.07, 6.45) is 3.21. The number of carbonyl (C=O) groups is 1. The van der Waals surface area contributed by atoms with E-state index in [0.717, 1.165) is 11.4 Å². The molecule has 2 aromatic rings. The third-order valence-electron chi connectivity index (χ3n) is 2.99. The molecule has 0 saturated heterocycles. The SMILES string of the molecule is Cc1cc(NC(=O)CCCc2ccccc2F)ccn1. The summed E-state index contributed by atoms with van der Waals surface area (Å²) in [5.41, 5.74) is 2.25. The Hall–Kier alpha value is -2.23. The molecule has 3 nitrogen and oxygen atoms in total. The van der Waals surface area contributed by atoms with Crippen molar-refractivity contribution in [3.63, 3.8) is 0 Å². The molecule has 0 bridgehead atoms. The van der Waals surface area contributed by atoms with Gasteiger partial charge < -0.3 is 5.32 Å². The van der Waals surface area contributed by atoms with Crippen molar-refractivity contribution in [3.8, 4) is 0 Å². The molecule has 0 radical (unpaired) electrons. The van der Waals surface area contributed by atoms with Crippen molar-refractivity contribution in [2.24, 2.45) is 0 Å². The summed E-state index contributed by atoms with van der Waals surface area (Å²) in [5.74, 6) is -0.274. The Labute approximate surface area is 117 Å². The van der Waals surface area contributed by atoms with Crippen LogP contribution >= 0.6 is 0 Å². The van der Waals surface area contributed by atoms with Crippen LogP contribution in [0.5, 0.6) is 0 Å². The normalized spacial score (nSPS) is 10.3. The lowest BCUT2D eigenvalue weighted by Gasteiger charge is -2.06.